The van der Waals surface area contributed by atoms with Crippen LogP contribution in [0, 0.1) is 0 Å². The van der Waals surface area contributed by atoms with E-state index in [-0.39, 0.29) is 0 Å². The number of thiophene rings is 1. The largest absolute Gasteiger partial charge is 0.295 e. The molecular weight excluding hydrogens is 769 g/mol. The third-order valence-corrected chi connectivity index (χ3v) is 14.1. The molecule has 60 heavy (non-hydrogen) atoms. The Labute approximate surface area is 353 Å². The van der Waals surface area contributed by atoms with E-state index in [1.807, 2.05) is 11.8 Å². The van der Waals surface area contributed by atoms with Gasteiger partial charge < -0.3 is 0 Å². The average Bonchev–Trinajstić information content (AvgIpc) is 3.98. The highest BCUT2D eigenvalue weighted by Gasteiger charge is 2.28. The van der Waals surface area contributed by atoms with Crippen molar-refractivity contribution in [3.63, 3.8) is 0 Å². The Morgan fingerprint density at radius 3 is 1.97 bits per heavy atom. The molecule has 0 fully saturated rings. The monoisotopic (exact) mass is 800 g/mol. The summed E-state index contributed by atoms with van der Waals surface area (Å²) >= 11 is 3.59. The molecule has 1 aliphatic rings. The number of hydrogen-bond donors (Lipinski definition) is 0. The summed E-state index contributed by atoms with van der Waals surface area (Å²) < 4.78 is 6.15. The second-order valence-corrected chi connectivity index (χ2v) is 17.4. The maximum absolute atomic E-state index is 5.49. The molecule has 0 saturated carbocycles. The Morgan fingerprint density at radius 2 is 1.10 bits per heavy atom. The molecule has 0 amide bonds. The van der Waals surface area contributed by atoms with E-state index in [1.165, 1.54) is 69.5 Å². The van der Waals surface area contributed by atoms with E-state index in [1.54, 1.807) is 11.3 Å². The minimum absolute atomic E-state index is 0.722. The van der Waals surface area contributed by atoms with E-state index in [9.17, 15) is 0 Å². The third kappa shape index (κ3) is 4.98. The standard InChI is InChI=1S/C54H32N4S2/c1-3-14-33(15-4-1)34-26-28-35(29-27-34)50-49-40-20-9-11-23-45(40)60-53(49)56-52(55-50)39-19-8-7-18-38(39)36-30-31-43-42(32-36)48-41-21-13-25-47-51(41)58(44-22-10-12-24-46(44)59-47)54(48)57(43)37-16-5-2-6-17-37/h1-32H. The zero-order chi connectivity index (χ0) is 39.3. The summed E-state index contributed by atoms with van der Waals surface area (Å²) in [5.74, 6) is 0.722. The average molecular weight is 801 g/mol. The van der Waals surface area contributed by atoms with E-state index in [0.717, 1.165) is 49.7 Å². The summed E-state index contributed by atoms with van der Waals surface area (Å²) in [6.45, 7) is 0. The maximum Gasteiger partial charge on any atom is 0.162 e. The van der Waals surface area contributed by atoms with Crippen molar-refractivity contribution in [1.29, 1.82) is 0 Å². The molecule has 0 unspecified atom stereocenters. The van der Waals surface area contributed by atoms with Crippen LogP contribution in [0.1, 0.15) is 0 Å². The first-order chi connectivity index (χ1) is 29.8. The lowest BCUT2D eigenvalue weighted by Gasteiger charge is -2.21. The number of fused-ring (bicyclic) bond motifs is 10. The van der Waals surface area contributed by atoms with E-state index in [0.29, 0.717) is 0 Å². The minimum Gasteiger partial charge on any atom is -0.295 e. The van der Waals surface area contributed by atoms with Crippen LogP contribution in [0.3, 0.4) is 0 Å². The first-order valence-corrected chi connectivity index (χ1v) is 21.8. The molecule has 0 aliphatic carbocycles. The molecule has 4 aromatic heterocycles. The van der Waals surface area contributed by atoms with Crippen molar-refractivity contribution in [2.45, 2.75) is 9.79 Å². The van der Waals surface area contributed by atoms with Gasteiger partial charge in [-0.3, -0.25) is 9.13 Å². The topological polar surface area (TPSA) is 35.6 Å². The van der Waals surface area contributed by atoms with Gasteiger partial charge in [-0.1, -0.05) is 157 Å². The second kappa shape index (κ2) is 13.1. The fourth-order valence-corrected chi connectivity index (χ4v) is 11.5. The Morgan fingerprint density at radius 1 is 0.433 bits per heavy atom. The summed E-state index contributed by atoms with van der Waals surface area (Å²) in [5, 5.41) is 6.02. The van der Waals surface area contributed by atoms with E-state index < -0.39 is 0 Å². The number of aromatic nitrogens is 4. The van der Waals surface area contributed by atoms with Crippen LogP contribution >= 0.6 is 23.1 Å². The molecule has 0 N–H and O–H groups in total. The lowest BCUT2D eigenvalue weighted by atomic mass is 9.96. The van der Waals surface area contributed by atoms with Crippen LogP contribution in [0.2, 0.25) is 0 Å². The van der Waals surface area contributed by atoms with Crippen LogP contribution < -0.4 is 0 Å². The first-order valence-electron chi connectivity index (χ1n) is 20.2. The SMILES string of the molecule is c1ccc(-c2ccc(-c3nc(-c4ccccc4-c4ccc5c(c4)c4c6cccc7c6n(c4n5-c4ccccc4)-c4ccccc4S7)nc4sc5ccccc5c34)cc2)cc1. The van der Waals surface area contributed by atoms with Crippen LogP contribution in [0.5, 0.6) is 0 Å². The Bertz CT molecular complexity index is 3670. The van der Waals surface area contributed by atoms with Gasteiger partial charge in [0.05, 0.1) is 22.4 Å². The highest BCUT2D eigenvalue weighted by Crippen LogP contribution is 2.50. The first kappa shape index (κ1) is 33.7. The second-order valence-electron chi connectivity index (χ2n) is 15.3. The summed E-state index contributed by atoms with van der Waals surface area (Å²) in [5.41, 5.74) is 13.6. The molecule has 8 aromatic carbocycles. The Kier molecular flexibility index (Phi) is 7.37. The van der Waals surface area contributed by atoms with Gasteiger partial charge in [-0.15, -0.1) is 11.3 Å². The van der Waals surface area contributed by atoms with Crippen molar-refractivity contribution in [3.8, 4) is 56.3 Å². The van der Waals surface area contributed by atoms with Gasteiger partial charge in [0.1, 0.15) is 10.5 Å². The summed E-state index contributed by atoms with van der Waals surface area (Å²) in [4.78, 5) is 14.4. The van der Waals surface area contributed by atoms with Gasteiger partial charge in [-0.25, -0.2) is 9.97 Å². The highest BCUT2D eigenvalue weighted by atomic mass is 32.2. The van der Waals surface area contributed by atoms with Crippen LogP contribution in [-0.2, 0) is 0 Å². The molecule has 280 valence electrons. The van der Waals surface area contributed by atoms with Crippen molar-refractivity contribution in [3.05, 3.63) is 194 Å². The Hall–Kier alpha value is -7.25. The molecule has 5 heterocycles. The normalized spacial score (nSPS) is 12.3. The number of nitrogens with zero attached hydrogens (tertiary/aromatic N) is 4. The van der Waals surface area contributed by atoms with Crippen molar-refractivity contribution in [2.24, 2.45) is 0 Å². The third-order valence-electron chi connectivity index (χ3n) is 12.0. The fraction of sp³-hybridized carbons (Fsp3) is 0. The van der Waals surface area contributed by atoms with Gasteiger partial charge in [0.15, 0.2) is 5.82 Å². The molecule has 0 spiro atoms. The molecule has 4 nitrogen and oxygen atoms in total. The van der Waals surface area contributed by atoms with Gasteiger partial charge >= 0.3 is 0 Å². The predicted octanol–water partition coefficient (Wildman–Crippen LogP) is 15.0. The van der Waals surface area contributed by atoms with Gasteiger partial charge in [0.25, 0.3) is 0 Å². The molecular formula is C54H32N4S2. The van der Waals surface area contributed by atoms with Crippen LogP contribution in [-0.4, -0.2) is 19.1 Å². The van der Waals surface area contributed by atoms with E-state index in [4.69, 9.17) is 9.97 Å². The molecule has 12 aromatic rings. The lowest BCUT2D eigenvalue weighted by molar-refractivity contribution is 1.03. The van der Waals surface area contributed by atoms with Crippen LogP contribution in [0.4, 0.5) is 0 Å². The molecule has 13 rings (SSSR count). The molecule has 0 atom stereocenters. The number of rotatable bonds is 5. The van der Waals surface area contributed by atoms with E-state index >= 15 is 0 Å². The van der Waals surface area contributed by atoms with Gasteiger partial charge in [-0.05, 0) is 70.8 Å². The quantitative estimate of drug-likeness (QED) is 0.174. The predicted molar refractivity (Wildman–Crippen MR) is 252 cm³/mol. The number of hydrogen-bond acceptors (Lipinski definition) is 4. The zero-order valence-electron chi connectivity index (χ0n) is 32.1. The van der Waals surface area contributed by atoms with Gasteiger partial charge in [0.2, 0.25) is 0 Å². The van der Waals surface area contributed by atoms with Crippen molar-refractivity contribution >= 4 is 76.2 Å². The smallest absolute Gasteiger partial charge is 0.162 e. The molecule has 0 radical (unpaired) electrons. The molecule has 6 heteroatoms. The van der Waals surface area contributed by atoms with Crippen LogP contribution in [0.25, 0.3) is 109 Å². The molecule has 1 aliphatic heterocycles. The molecule has 0 bridgehead atoms. The number of benzene rings is 8. The van der Waals surface area contributed by atoms with Gasteiger partial charge in [0, 0.05) is 58.2 Å². The van der Waals surface area contributed by atoms with Crippen molar-refractivity contribution in [1.82, 2.24) is 19.1 Å². The lowest BCUT2D eigenvalue weighted by Crippen LogP contribution is -2.05. The summed E-state index contributed by atoms with van der Waals surface area (Å²) in [6.07, 6.45) is 0. The molecule has 0 saturated heterocycles. The highest BCUT2D eigenvalue weighted by molar-refractivity contribution is 7.99. The minimum atomic E-state index is 0.722. The zero-order valence-corrected chi connectivity index (χ0v) is 33.7. The Balaban J connectivity index is 1.04. The summed E-state index contributed by atoms with van der Waals surface area (Å²) in [7, 11) is 0. The van der Waals surface area contributed by atoms with Crippen LogP contribution in [0.15, 0.2) is 204 Å². The maximum atomic E-state index is 5.49. The van der Waals surface area contributed by atoms with Crippen molar-refractivity contribution in [2.75, 3.05) is 0 Å². The van der Waals surface area contributed by atoms with Crippen molar-refractivity contribution < 1.29 is 0 Å². The van der Waals surface area contributed by atoms with Gasteiger partial charge in [-0.2, -0.15) is 0 Å². The van der Waals surface area contributed by atoms with E-state index in [2.05, 4.69) is 203 Å². The number of para-hydroxylation sites is 3. The fourth-order valence-electron chi connectivity index (χ4n) is 9.32. The summed E-state index contributed by atoms with van der Waals surface area (Å²) in [6, 6.07) is 69.9.